The molecule has 0 fully saturated rings. The van der Waals surface area contributed by atoms with Gasteiger partial charge in [0.2, 0.25) is 0 Å². The molecule has 31 heavy (non-hydrogen) atoms. The average Bonchev–Trinajstić information content (AvgIpc) is 3.34. The van der Waals surface area contributed by atoms with Crippen molar-refractivity contribution in [1.29, 1.82) is 0 Å². The van der Waals surface area contributed by atoms with Crippen molar-refractivity contribution in [3.8, 4) is 33.4 Å². The topological polar surface area (TPSA) is 54.0 Å². The van der Waals surface area contributed by atoms with Crippen LogP contribution in [0.25, 0.3) is 16.5 Å². The Morgan fingerprint density at radius 3 is 2.23 bits per heavy atom. The number of thiophene rings is 1. The van der Waals surface area contributed by atoms with Gasteiger partial charge in [-0.05, 0) is 65.8 Å². The second-order valence-corrected chi connectivity index (χ2v) is 8.09. The fraction of sp³-hybridized carbons (Fsp3) is 0.240. The predicted octanol–water partition coefficient (Wildman–Crippen LogP) is 5.66. The summed E-state index contributed by atoms with van der Waals surface area (Å²) in [5, 5.41) is 2.02. The third kappa shape index (κ3) is 3.91. The van der Waals surface area contributed by atoms with Crippen LogP contribution in [0.15, 0.2) is 47.4 Å². The van der Waals surface area contributed by atoms with Crippen LogP contribution in [0.1, 0.15) is 27.9 Å². The molecule has 0 saturated heterocycles. The maximum Gasteiger partial charge on any atom is 0.189 e. The highest BCUT2D eigenvalue weighted by atomic mass is 32.1. The minimum atomic E-state index is 0.00895. The number of fused-ring (bicyclic) bond motifs is 1. The SMILES string of the molecule is COc1cc2c(cc1OC)C(=O)C(=Cc1cc(OC)c(OC)c(-c3cccs3)c1)CC2. The van der Waals surface area contributed by atoms with Gasteiger partial charge in [0.15, 0.2) is 28.8 Å². The van der Waals surface area contributed by atoms with E-state index >= 15 is 0 Å². The minimum Gasteiger partial charge on any atom is -0.493 e. The lowest BCUT2D eigenvalue weighted by atomic mass is 9.85. The molecule has 0 bridgehead atoms. The molecular weight excluding hydrogens is 412 g/mol. The van der Waals surface area contributed by atoms with E-state index in [4.69, 9.17) is 18.9 Å². The zero-order chi connectivity index (χ0) is 22.0. The summed E-state index contributed by atoms with van der Waals surface area (Å²) in [5.74, 6) is 2.53. The van der Waals surface area contributed by atoms with Crippen LogP contribution in [-0.4, -0.2) is 34.2 Å². The number of ketones is 1. The molecular formula is C25H24O5S. The second-order valence-electron chi connectivity index (χ2n) is 7.14. The van der Waals surface area contributed by atoms with Crippen molar-refractivity contribution in [2.24, 2.45) is 0 Å². The molecule has 3 aromatic rings. The molecule has 0 radical (unpaired) electrons. The van der Waals surface area contributed by atoms with Gasteiger partial charge in [0.25, 0.3) is 0 Å². The third-order valence-electron chi connectivity index (χ3n) is 5.44. The highest BCUT2D eigenvalue weighted by Crippen LogP contribution is 2.42. The van der Waals surface area contributed by atoms with E-state index in [9.17, 15) is 4.79 Å². The number of methoxy groups -OCH3 is 4. The Morgan fingerprint density at radius 1 is 0.839 bits per heavy atom. The normalized spacial score (nSPS) is 14.3. The summed E-state index contributed by atoms with van der Waals surface area (Å²) < 4.78 is 22.0. The molecule has 4 rings (SSSR count). The Morgan fingerprint density at radius 2 is 1.58 bits per heavy atom. The maximum absolute atomic E-state index is 13.3. The van der Waals surface area contributed by atoms with E-state index in [0.717, 1.165) is 33.6 Å². The average molecular weight is 437 g/mol. The van der Waals surface area contributed by atoms with Crippen molar-refractivity contribution < 1.29 is 23.7 Å². The fourth-order valence-electron chi connectivity index (χ4n) is 3.92. The first-order valence-corrected chi connectivity index (χ1v) is 10.8. The van der Waals surface area contributed by atoms with Gasteiger partial charge in [-0.25, -0.2) is 0 Å². The molecule has 0 unspecified atom stereocenters. The number of allylic oxidation sites excluding steroid dienone is 1. The van der Waals surface area contributed by atoms with E-state index in [1.807, 2.05) is 41.8 Å². The van der Waals surface area contributed by atoms with Crippen molar-refractivity contribution in [3.63, 3.8) is 0 Å². The molecule has 1 aromatic heterocycles. The van der Waals surface area contributed by atoms with Crippen LogP contribution < -0.4 is 18.9 Å². The standard InChI is InChI=1S/C25H24O5S/c1-27-20-13-16-7-8-17(24(26)18(16)14-21(20)28-2)10-15-11-19(23-6-5-9-31-23)25(30-4)22(12-15)29-3/h5-6,9-14H,7-8H2,1-4H3. The number of rotatable bonds is 6. The first kappa shape index (κ1) is 21.0. The van der Waals surface area contributed by atoms with Crippen LogP contribution in [0.3, 0.4) is 0 Å². The van der Waals surface area contributed by atoms with Gasteiger partial charge in [-0.15, -0.1) is 11.3 Å². The molecule has 5 nitrogen and oxygen atoms in total. The first-order chi connectivity index (χ1) is 15.1. The number of carbonyl (C=O) groups excluding carboxylic acids is 1. The van der Waals surface area contributed by atoms with Gasteiger partial charge in [-0.3, -0.25) is 4.79 Å². The number of ether oxygens (including phenoxy) is 4. The Labute approximate surface area is 185 Å². The van der Waals surface area contributed by atoms with Gasteiger partial charge >= 0.3 is 0 Å². The van der Waals surface area contributed by atoms with Crippen molar-refractivity contribution in [2.45, 2.75) is 12.8 Å². The molecule has 0 N–H and O–H groups in total. The summed E-state index contributed by atoms with van der Waals surface area (Å²) in [6.07, 6.45) is 3.36. The molecule has 1 aliphatic rings. The van der Waals surface area contributed by atoms with Crippen molar-refractivity contribution in [2.75, 3.05) is 28.4 Å². The zero-order valence-electron chi connectivity index (χ0n) is 18.0. The van der Waals surface area contributed by atoms with Crippen LogP contribution in [0.5, 0.6) is 23.0 Å². The lowest BCUT2D eigenvalue weighted by Crippen LogP contribution is -2.14. The van der Waals surface area contributed by atoms with Crippen molar-refractivity contribution >= 4 is 23.2 Å². The van der Waals surface area contributed by atoms with E-state index in [1.165, 1.54) is 0 Å². The lowest BCUT2D eigenvalue weighted by Gasteiger charge is -2.20. The van der Waals surface area contributed by atoms with E-state index in [2.05, 4.69) is 0 Å². The van der Waals surface area contributed by atoms with Crippen molar-refractivity contribution in [1.82, 2.24) is 0 Å². The smallest absolute Gasteiger partial charge is 0.189 e. The Balaban J connectivity index is 1.77. The van der Waals surface area contributed by atoms with Crippen LogP contribution in [-0.2, 0) is 6.42 Å². The Kier molecular flexibility index (Phi) is 6.00. The highest BCUT2D eigenvalue weighted by molar-refractivity contribution is 7.13. The van der Waals surface area contributed by atoms with E-state index < -0.39 is 0 Å². The molecule has 1 aliphatic carbocycles. The zero-order valence-corrected chi connectivity index (χ0v) is 18.8. The number of carbonyl (C=O) groups is 1. The molecule has 0 aliphatic heterocycles. The van der Waals surface area contributed by atoms with Crippen LogP contribution >= 0.6 is 11.3 Å². The van der Waals surface area contributed by atoms with Gasteiger partial charge in [0.05, 0.1) is 28.4 Å². The number of benzene rings is 2. The molecule has 160 valence electrons. The van der Waals surface area contributed by atoms with E-state index in [0.29, 0.717) is 35.0 Å². The number of Topliss-reactive ketones (excluding diaryl/α,β-unsaturated/α-hetero) is 1. The number of hydrogen-bond donors (Lipinski definition) is 0. The molecule has 0 spiro atoms. The molecule has 0 atom stereocenters. The molecule has 0 saturated carbocycles. The predicted molar refractivity (Wildman–Crippen MR) is 123 cm³/mol. The van der Waals surface area contributed by atoms with E-state index in [1.54, 1.807) is 45.8 Å². The number of hydrogen-bond acceptors (Lipinski definition) is 6. The number of aryl methyl sites for hydroxylation is 1. The summed E-state index contributed by atoms with van der Waals surface area (Å²) in [6.45, 7) is 0. The third-order valence-corrected chi connectivity index (χ3v) is 6.34. The largest absolute Gasteiger partial charge is 0.493 e. The van der Waals surface area contributed by atoms with Gasteiger partial charge in [0, 0.05) is 21.6 Å². The van der Waals surface area contributed by atoms with Gasteiger partial charge in [-0.2, -0.15) is 0 Å². The van der Waals surface area contributed by atoms with Gasteiger partial charge in [0.1, 0.15) is 0 Å². The van der Waals surface area contributed by atoms with Gasteiger partial charge < -0.3 is 18.9 Å². The fourth-order valence-corrected chi connectivity index (χ4v) is 4.66. The summed E-state index contributed by atoms with van der Waals surface area (Å²) in [5.41, 5.74) is 4.23. The lowest BCUT2D eigenvalue weighted by molar-refractivity contribution is 0.102. The second kappa shape index (κ2) is 8.86. The maximum atomic E-state index is 13.3. The molecule has 2 aromatic carbocycles. The van der Waals surface area contributed by atoms with E-state index in [-0.39, 0.29) is 5.78 Å². The molecule has 6 heteroatoms. The summed E-state index contributed by atoms with van der Waals surface area (Å²) >= 11 is 1.63. The summed E-state index contributed by atoms with van der Waals surface area (Å²) in [4.78, 5) is 14.3. The van der Waals surface area contributed by atoms with Gasteiger partial charge in [-0.1, -0.05) is 6.07 Å². The summed E-state index contributed by atoms with van der Waals surface area (Å²) in [6, 6.07) is 11.7. The Bertz CT molecular complexity index is 1150. The summed E-state index contributed by atoms with van der Waals surface area (Å²) in [7, 11) is 6.43. The monoisotopic (exact) mass is 436 g/mol. The quantitative estimate of drug-likeness (QED) is 0.467. The first-order valence-electron chi connectivity index (χ1n) is 9.89. The van der Waals surface area contributed by atoms with Crippen LogP contribution in [0.2, 0.25) is 0 Å². The molecule has 0 amide bonds. The van der Waals surface area contributed by atoms with Crippen LogP contribution in [0, 0.1) is 0 Å². The highest BCUT2D eigenvalue weighted by Gasteiger charge is 2.25. The van der Waals surface area contributed by atoms with Crippen LogP contribution in [0.4, 0.5) is 0 Å². The molecule has 1 heterocycles. The van der Waals surface area contributed by atoms with Crippen molar-refractivity contribution in [3.05, 3.63) is 64.0 Å². The minimum absolute atomic E-state index is 0.00895. The Hall–Kier alpha value is -3.25.